The Hall–Kier alpha value is -1.06. The summed E-state index contributed by atoms with van der Waals surface area (Å²) in [5.41, 5.74) is -0.0919. The van der Waals surface area contributed by atoms with Crippen LogP contribution in [-0.4, -0.2) is 49.2 Å². The number of H-pyrrole nitrogens is 1. The largest absolute Gasteiger partial charge is 0.462 e. The molecule has 0 radical (unpaired) electrons. The normalized spacial score (nSPS) is 13.2. The summed E-state index contributed by atoms with van der Waals surface area (Å²) >= 11 is 1.52. The van der Waals surface area contributed by atoms with Crippen LogP contribution in [0.1, 0.15) is 24.2 Å². The number of nitrogens with one attached hydrogen (secondary N) is 2. The molecule has 1 heterocycles. The number of carbonyl (C=O) groups is 1. The second-order valence-electron chi connectivity index (χ2n) is 3.81. The first-order valence-corrected chi connectivity index (χ1v) is 8.51. The number of hydrogen-bond donors (Lipinski definition) is 2. The summed E-state index contributed by atoms with van der Waals surface area (Å²) < 4.78 is 31.5. The number of thioether (sulfide) groups is 1. The summed E-state index contributed by atoms with van der Waals surface area (Å²) in [5, 5.41) is 5.65. The van der Waals surface area contributed by atoms with Gasteiger partial charge in [-0.25, -0.2) is 17.9 Å². The van der Waals surface area contributed by atoms with E-state index >= 15 is 0 Å². The van der Waals surface area contributed by atoms with E-state index in [-0.39, 0.29) is 23.2 Å². The van der Waals surface area contributed by atoms with E-state index in [4.69, 9.17) is 4.74 Å². The summed E-state index contributed by atoms with van der Waals surface area (Å²) in [5.74, 6) is -0.0867. The molecule has 0 spiro atoms. The number of ether oxygens (including phenoxy) is 1. The second-order valence-corrected chi connectivity index (χ2v) is 6.37. The predicted octanol–water partition coefficient (Wildman–Crippen LogP) is 0.616. The minimum Gasteiger partial charge on any atom is -0.462 e. The van der Waals surface area contributed by atoms with Gasteiger partial charge in [0, 0.05) is 11.8 Å². The molecule has 108 valence electrons. The summed E-state index contributed by atoms with van der Waals surface area (Å²) in [6.07, 6.45) is 3.02. The van der Waals surface area contributed by atoms with Gasteiger partial charge >= 0.3 is 5.97 Å². The standard InChI is InChI=1S/C10H17N3O4S2/c1-4-17-10(14)8-5-11-12-9(8)19(15,16)13-7(2)6-18-3/h5,7,13H,4,6H2,1-3H3,(H,11,12). The zero-order valence-corrected chi connectivity index (χ0v) is 12.6. The molecular formula is C10H17N3O4S2. The molecule has 2 N–H and O–H groups in total. The van der Waals surface area contributed by atoms with Crippen molar-refractivity contribution in [3.8, 4) is 0 Å². The van der Waals surface area contributed by atoms with E-state index in [1.54, 1.807) is 13.8 Å². The number of esters is 1. The summed E-state index contributed by atoms with van der Waals surface area (Å²) in [6.45, 7) is 3.55. The van der Waals surface area contributed by atoms with Crippen LogP contribution in [0.2, 0.25) is 0 Å². The number of nitrogens with zero attached hydrogens (tertiary/aromatic N) is 1. The Morgan fingerprint density at radius 1 is 1.63 bits per heavy atom. The molecule has 0 aromatic carbocycles. The fraction of sp³-hybridized carbons (Fsp3) is 0.600. The molecule has 0 amide bonds. The van der Waals surface area contributed by atoms with Crippen LogP contribution in [0.25, 0.3) is 0 Å². The Bertz CT molecular complexity index is 527. The number of carbonyl (C=O) groups excluding carboxylic acids is 1. The van der Waals surface area contributed by atoms with E-state index in [1.807, 2.05) is 6.26 Å². The van der Waals surface area contributed by atoms with E-state index in [2.05, 4.69) is 14.9 Å². The Labute approximate surface area is 116 Å². The minimum absolute atomic E-state index is 0.0919. The lowest BCUT2D eigenvalue weighted by molar-refractivity contribution is 0.0522. The van der Waals surface area contributed by atoms with E-state index in [0.717, 1.165) is 6.20 Å². The molecule has 19 heavy (non-hydrogen) atoms. The van der Waals surface area contributed by atoms with Crippen molar-refractivity contribution in [3.05, 3.63) is 11.8 Å². The average Bonchev–Trinajstić information content (AvgIpc) is 2.78. The van der Waals surface area contributed by atoms with Gasteiger partial charge < -0.3 is 4.74 Å². The van der Waals surface area contributed by atoms with Gasteiger partial charge in [-0.2, -0.15) is 16.9 Å². The molecule has 0 fully saturated rings. The highest BCUT2D eigenvalue weighted by Gasteiger charge is 2.26. The van der Waals surface area contributed by atoms with E-state index in [9.17, 15) is 13.2 Å². The van der Waals surface area contributed by atoms with Crippen molar-refractivity contribution in [1.82, 2.24) is 14.9 Å². The molecule has 0 aliphatic heterocycles. The maximum atomic E-state index is 12.1. The second kappa shape index (κ2) is 6.92. The van der Waals surface area contributed by atoms with E-state index in [0.29, 0.717) is 5.75 Å². The SMILES string of the molecule is CCOC(=O)c1cn[nH]c1S(=O)(=O)NC(C)CSC. The fourth-order valence-corrected chi connectivity index (χ4v) is 3.46. The van der Waals surface area contributed by atoms with Gasteiger partial charge in [-0.1, -0.05) is 0 Å². The molecule has 1 atom stereocenters. The highest BCUT2D eigenvalue weighted by Crippen LogP contribution is 2.14. The number of sulfonamides is 1. The molecule has 0 saturated heterocycles. The highest BCUT2D eigenvalue weighted by molar-refractivity contribution is 7.98. The summed E-state index contributed by atoms with van der Waals surface area (Å²) in [7, 11) is -3.81. The lowest BCUT2D eigenvalue weighted by Gasteiger charge is -2.12. The molecule has 9 heteroatoms. The van der Waals surface area contributed by atoms with Gasteiger partial charge in [0.2, 0.25) is 0 Å². The third-order valence-electron chi connectivity index (χ3n) is 2.14. The van der Waals surface area contributed by atoms with Crippen molar-refractivity contribution < 1.29 is 17.9 Å². The third kappa shape index (κ3) is 4.22. The first-order valence-electron chi connectivity index (χ1n) is 5.64. The van der Waals surface area contributed by atoms with Crippen molar-refractivity contribution in [2.24, 2.45) is 0 Å². The zero-order valence-electron chi connectivity index (χ0n) is 11.0. The maximum Gasteiger partial charge on any atom is 0.342 e. The molecule has 7 nitrogen and oxygen atoms in total. The minimum atomic E-state index is -3.81. The van der Waals surface area contributed by atoms with Crippen LogP contribution in [0, 0.1) is 0 Å². The molecular weight excluding hydrogens is 290 g/mol. The first-order chi connectivity index (χ1) is 8.92. The van der Waals surface area contributed by atoms with Gasteiger partial charge in [-0.15, -0.1) is 0 Å². The molecule has 1 rings (SSSR count). The van der Waals surface area contributed by atoms with Crippen LogP contribution >= 0.6 is 11.8 Å². The van der Waals surface area contributed by atoms with Gasteiger partial charge in [0.05, 0.1) is 12.8 Å². The number of hydrogen-bond acceptors (Lipinski definition) is 6. The van der Waals surface area contributed by atoms with E-state index in [1.165, 1.54) is 11.8 Å². The van der Waals surface area contributed by atoms with Crippen LogP contribution in [-0.2, 0) is 14.8 Å². The summed E-state index contributed by atoms with van der Waals surface area (Å²) in [4.78, 5) is 11.6. The van der Waals surface area contributed by atoms with Gasteiger partial charge in [0.15, 0.2) is 5.03 Å². The maximum absolute atomic E-state index is 12.1. The Balaban J connectivity index is 2.96. The lowest BCUT2D eigenvalue weighted by Crippen LogP contribution is -2.35. The molecule has 0 aliphatic carbocycles. The van der Waals surface area contributed by atoms with E-state index < -0.39 is 16.0 Å². The van der Waals surface area contributed by atoms with Gasteiger partial charge in [0.1, 0.15) is 5.56 Å². The zero-order chi connectivity index (χ0) is 14.5. The highest BCUT2D eigenvalue weighted by atomic mass is 32.2. The van der Waals surface area contributed by atoms with Crippen LogP contribution in [0.4, 0.5) is 0 Å². The van der Waals surface area contributed by atoms with Crippen LogP contribution in [0.15, 0.2) is 11.2 Å². The Morgan fingerprint density at radius 2 is 2.32 bits per heavy atom. The molecule has 0 bridgehead atoms. The van der Waals surface area contributed by atoms with Gasteiger partial charge in [0.25, 0.3) is 10.0 Å². The number of rotatable bonds is 7. The molecule has 1 aromatic rings. The topological polar surface area (TPSA) is 101 Å². The van der Waals surface area contributed by atoms with Crippen LogP contribution in [0.5, 0.6) is 0 Å². The first kappa shape index (κ1) is 16.0. The van der Waals surface area contributed by atoms with Crippen molar-refractivity contribution in [1.29, 1.82) is 0 Å². The van der Waals surface area contributed by atoms with Crippen LogP contribution in [0.3, 0.4) is 0 Å². The van der Waals surface area contributed by atoms with Gasteiger partial charge in [-0.3, -0.25) is 5.10 Å². The number of aromatic nitrogens is 2. The lowest BCUT2D eigenvalue weighted by atomic mass is 10.4. The Kier molecular flexibility index (Phi) is 5.83. The predicted molar refractivity (Wildman–Crippen MR) is 72.7 cm³/mol. The molecule has 1 unspecified atom stereocenters. The summed E-state index contributed by atoms with van der Waals surface area (Å²) in [6, 6.07) is -0.252. The van der Waals surface area contributed by atoms with Crippen molar-refractivity contribution in [2.45, 2.75) is 24.9 Å². The van der Waals surface area contributed by atoms with Crippen molar-refractivity contribution in [2.75, 3.05) is 18.6 Å². The molecule has 0 aliphatic rings. The van der Waals surface area contributed by atoms with Crippen molar-refractivity contribution in [3.63, 3.8) is 0 Å². The van der Waals surface area contributed by atoms with Crippen molar-refractivity contribution >= 4 is 27.8 Å². The van der Waals surface area contributed by atoms with Crippen LogP contribution < -0.4 is 4.72 Å². The third-order valence-corrected chi connectivity index (χ3v) is 4.54. The quantitative estimate of drug-likeness (QED) is 0.716. The monoisotopic (exact) mass is 307 g/mol. The average molecular weight is 307 g/mol. The molecule has 0 saturated carbocycles. The fourth-order valence-electron chi connectivity index (χ4n) is 1.44. The van der Waals surface area contributed by atoms with Gasteiger partial charge in [-0.05, 0) is 20.1 Å². The smallest absolute Gasteiger partial charge is 0.342 e. The number of aromatic amines is 1. The Morgan fingerprint density at radius 3 is 2.89 bits per heavy atom. The molecule has 1 aromatic heterocycles.